The molecule has 0 spiro atoms. The highest BCUT2D eigenvalue weighted by Crippen LogP contribution is 2.10. The van der Waals surface area contributed by atoms with Gasteiger partial charge in [0.2, 0.25) is 0 Å². The molecule has 1 rings (SSSR count). The molecule has 0 radical (unpaired) electrons. The first-order valence-corrected chi connectivity index (χ1v) is 4.76. The molecular formula is C11H14NO2-. The molecule has 0 aliphatic heterocycles. The van der Waals surface area contributed by atoms with E-state index < -0.39 is 5.97 Å². The summed E-state index contributed by atoms with van der Waals surface area (Å²) in [5.74, 6) is -0.594. The summed E-state index contributed by atoms with van der Waals surface area (Å²) >= 11 is 0. The lowest BCUT2D eigenvalue weighted by Crippen LogP contribution is -2.24. The summed E-state index contributed by atoms with van der Waals surface area (Å²) in [6.07, 6.45) is 3.25. The zero-order valence-corrected chi connectivity index (χ0v) is 8.49. The maximum atomic E-state index is 10.7. The lowest BCUT2D eigenvalue weighted by Gasteiger charge is -2.09. The lowest BCUT2D eigenvalue weighted by atomic mass is 10.0. The number of carboxylic acids is 1. The van der Waals surface area contributed by atoms with Gasteiger partial charge >= 0.3 is 0 Å². The lowest BCUT2D eigenvalue weighted by molar-refractivity contribution is -0.255. The van der Waals surface area contributed by atoms with Crippen molar-refractivity contribution in [3.8, 4) is 0 Å². The van der Waals surface area contributed by atoms with E-state index >= 15 is 0 Å². The van der Waals surface area contributed by atoms with Gasteiger partial charge in [-0.2, -0.15) is 0 Å². The summed E-state index contributed by atoms with van der Waals surface area (Å²) in [5, 5.41) is 10.7. The second-order valence-corrected chi connectivity index (χ2v) is 3.72. The molecule has 0 aromatic carbocycles. The van der Waals surface area contributed by atoms with Crippen LogP contribution in [-0.2, 0) is 6.42 Å². The minimum absolute atomic E-state index is 0.216. The molecule has 3 nitrogen and oxygen atoms in total. The van der Waals surface area contributed by atoms with Gasteiger partial charge in [0.15, 0.2) is 0 Å². The van der Waals surface area contributed by atoms with Gasteiger partial charge in [0.1, 0.15) is 0 Å². The Morgan fingerprint density at radius 1 is 1.57 bits per heavy atom. The van der Waals surface area contributed by atoms with E-state index in [0.29, 0.717) is 18.0 Å². The third-order valence-electron chi connectivity index (χ3n) is 2.07. The number of carbonyl (C=O) groups is 1. The fourth-order valence-corrected chi connectivity index (χ4v) is 1.25. The maximum Gasteiger partial charge on any atom is 0.0733 e. The van der Waals surface area contributed by atoms with Gasteiger partial charge in [-0.15, -0.1) is 0 Å². The quantitative estimate of drug-likeness (QED) is 0.716. The van der Waals surface area contributed by atoms with E-state index in [4.69, 9.17) is 0 Å². The molecule has 1 aromatic rings. The zero-order valence-electron chi connectivity index (χ0n) is 8.49. The number of rotatable bonds is 4. The molecule has 0 amide bonds. The van der Waals surface area contributed by atoms with Crippen LogP contribution in [0, 0.1) is 5.92 Å². The van der Waals surface area contributed by atoms with Crippen LogP contribution in [0.1, 0.15) is 36.3 Å². The number of nitrogens with zero attached hydrogens (tertiary/aromatic N) is 1. The molecule has 0 unspecified atom stereocenters. The van der Waals surface area contributed by atoms with Gasteiger partial charge in [0.25, 0.3) is 0 Å². The standard InChI is InChI=1S/C11H15NO2/c1-8(2)5-6-10-9(11(13)14)4-3-7-12-10/h3-4,7-8H,5-6H2,1-2H3,(H,13,14)/p-1. The van der Waals surface area contributed by atoms with E-state index in [9.17, 15) is 9.90 Å². The highest BCUT2D eigenvalue weighted by atomic mass is 16.4. The number of aromatic carboxylic acids is 1. The van der Waals surface area contributed by atoms with E-state index in [1.165, 1.54) is 6.07 Å². The van der Waals surface area contributed by atoms with Crippen molar-refractivity contribution in [2.75, 3.05) is 0 Å². The van der Waals surface area contributed by atoms with E-state index in [-0.39, 0.29) is 5.56 Å². The molecule has 0 N–H and O–H groups in total. The number of aromatic nitrogens is 1. The number of carboxylic acid groups (broad SMARTS) is 1. The zero-order chi connectivity index (χ0) is 10.6. The van der Waals surface area contributed by atoms with Crippen LogP contribution in [0.5, 0.6) is 0 Å². The van der Waals surface area contributed by atoms with Crippen molar-refractivity contribution in [3.05, 3.63) is 29.6 Å². The van der Waals surface area contributed by atoms with E-state index in [1.807, 2.05) is 0 Å². The third kappa shape index (κ3) is 2.83. The van der Waals surface area contributed by atoms with Gasteiger partial charge in [-0.25, -0.2) is 0 Å². The number of carbonyl (C=O) groups excluding carboxylic acids is 1. The molecule has 1 aromatic heterocycles. The van der Waals surface area contributed by atoms with Crippen molar-refractivity contribution in [3.63, 3.8) is 0 Å². The van der Waals surface area contributed by atoms with Crippen molar-refractivity contribution in [2.45, 2.75) is 26.7 Å². The number of hydrogen-bond acceptors (Lipinski definition) is 3. The Labute approximate surface area is 83.8 Å². The number of aryl methyl sites for hydroxylation is 1. The van der Waals surface area contributed by atoms with Crippen LogP contribution in [0.4, 0.5) is 0 Å². The SMILES string of the molecule is CC(C)CCc1ncccc1C(=O)[O-]. The van der Waals surface area contributed by atoms with Gasteiger partial charge in [0, 0.05) is 17.5 Å². The average Bonchev–Trinajstić information content (AvgIpc) is 2.15. The molecule has 0 aliphatic carbocycles. The normalized spacial score (nSPS) is 10.5. The second kappa shape index (κ2) is 4.74. The molecule has 0 aliphatic rings. The summed E-state index contributed by atoms with van der Waals surface area (Å²) in [5.41, 5.74) is 0.842. The molecular weight excluding hydrogens is 178 g/mol. The van der Waals surface area contributed by atoms with Crippen molar-refractivity contribution >= 4 is 5.97 Å². The fraction of sp³-hybridized carbons (Fsp3) is 0.455. The number of hydrogen-bond donors (Lipinski definition) is 0. The van der Waals surface area contributed by atoms with E-state index in [1.54, 1.807) is 12.3 Å². The summed E-state index contributed by atoms with van der Waals surface area (Å²) in [7, 11) is 0. The predicted molar refractivity (Wildman–Crippen MR) is 51.7 cm³/mol. The van der Waals surface area contributed by atoms with Crippen molar-refractivity contribution in [1.29, 1.82) is 0 Å². The second-order valence-electron chi connectivity index (χ2n) is 3.72. The van der Waals surface area contributed by atoms with E-state index in [0.717, 1.165) is 6.42 Å². The first kappa shape index (κ1) is 10.7. The van der Waals surface area contributed by atoms with Crippen LogP contribution in [0.15, 0.2) is 18.3 Å². The first-order chi connectivity index (χ1) is 6.61. The Balaban J connectivity index is 2.79. The Morgan fingerprint density at radius 2 is 2.29 bits per heavy atom. The van der Waals surface area contributed by atoms with Gasteiger partial charge in [-0.05, 0) is 30.9 Å². The minimum Gasteiger partial charge on any atom is -0.545 e. The van der Waals surface area contributed by atoms with Crippen molar-refractivity contribution in [2.24, 2.45) is 5.92 Å². The monoisotopic (exact) mass is 192 g/mol. The summed E-state index contributed by atoms with van der Waals surface area (Å²) in [6.45, 7) is 4.20. The van der Waals surface area contributed by atoms with Crippen LogP contribution < -0.4 is 5.11 Å². The number of pyridine rings is 1. The topological polar surface area (TPSA) is 53.0 Å². The Bertz CT molecular complexity index is 321. The molecule has 0 saturated carbocycles. The smallest absolute Gasteiger partial charge is 0.0733 e. The van der Waals surface area contributed by atoms with Crippen LogP contribution in [0.3, 0.4) is 0 Å². The Hall–Kier alpha value is -1.38. The summed E-state index contributed by atoms with van der Waals surface area (Å²) in [4.78, 5) is 14.8. The van der Waals surface area contributed by atoms with Gasteiger partial charge in [-0.3, -0.25) is 4.98 Å². The molecule has 76 valence electrons. The maximum absolute atomic E-state index is 10.7. The molecule has 0 fully saturated rings. The van der Waals surface area contributed by atoms with Crippen LogP contribution in [-0.4, -0.2) is 11.0 Å². The molecule has 0 saturated heterocycles. The third-order valence-corrected chi connectivity index (χ3v) is 2.07. The summed E-state index contributed by atoms with van der Waals surface area (Å²) < 4.78 is 0. The van der Waals surface area contributed by atoms with Crippen LogP contribution >= 0.6 is 0 Å². The van der Waals surface area contributed by atoms with Gasteiger partial charge in [-0.1, -0.05) is 13.8 Å². The Kier molecular flexibility index (Phi) is 3.63. The highest BCUT2D eigenvalue weighted by molar-refractivity contribution is 5.86. The highest BCUT2D eigenvalue weighted by Gasteiger charge is 2.04. The molecule has 0 atom stereocenters. The van der Waals surface area contributed by atoms with Crippen LogP contribution in [0.2, 0.25) is 0 Å². The Morgan fingerprint density at radius 3 is 2.86 bits per heavy atom. The van der Waals surface area contributed by atoms with Crippen molar-refractivity contribution < 1.29 is 9.90 Å². The molecule has 1 heterocycles. The minimum atomic E-state index is -1.14. The summed E-state index contributed by atoms with van der Waals surface area (Å²) in [6, 6.07) is 3.15. The fourth-order valence-electron chi connectivity index (χ4n) is 1.25. The van der Waals surface area contributed by atoms with Crippen molar-refractivity contribution in [1.82, 2.24) is 4.98 Å². The molecule has 14 heavy (non-hydrogen) atoms. The molecule has 0 bridgehead atoms. The van der Waals surface area contributed by atoms with Crippen LogP contribution in [0.25, 0.3) is 0 Å². The molecule has 3 heteroatoms. The van der Waals surface area contributed by atoms with E-state index in [2.05, 4.69) is 18.8 Å². The largest absolute Gasteiger partial charge is 0.545 e. The van der Waals surface area contributed by atoms with Gasteiger partial charge in [0.05, 0.1) is 5.97 Å². The first-order valence-electron chi connectivity index (χ1n) is 4.76. The average molecular weight is 192 g/mol. The predicted octanol–water partition coefficient (Wildman–Crippen LogP) is 1.03. The van der Waals surface area contributed by atoms with Gasteiger partial charge < -0.3 is 9.90 Å².